The number of hydrogen-bond acceptors (Lipinski definition) is 5. The molecule has 5 rings (SSSR count). The second-order valence-corrected chi connectivity index (χ2v) is 8.42. The molecule has 0 aliphatic carbocycles. The molecule has 0 radical (unpaired) electrons. The van der Waals surface area contributed by atoms with Gasteiger partial charge in [-0.05, 0) is 43.7 Å². The van der Waals surface area contributed by atoms with Crippen LogP contribution >= 0.6 is 11.6 Å². The van der Waals surface area contributed by atoms with Crippen molar-refractivity contribution in [2.75, 3.05) is 5.32 Å². The quantitative estimate of drug-likeness (QED) is 0.358. The average Bonchev–Trinajstić information content (AvgIpc) is 3.45. The Balaban J connectivity index is 1.44. The summed E-state index contributed by atoms with van der Waals surface area (Å²) < 4.78 is 16.7. The minimum Gasteiger partial charge on any atom is -0.289 e. The molecule has 0 spiro atoms. The van der Waals surface area contributed by atoms with Crippen LogP contribution in [0.4, 0.5) is 10.3 Å². The van der Waals surface area contributed by atoms with Crippen LogP contribution in [0.5, 0.6) is 0 Å². The predicted octanol–water partition coefficient (Wildman–Crippen LogP) is 5.11. The number of anilines is 1. The van der Waals surface area contributed by atoms with Gasteiger partial charge in [0.2, 0.25) is 5.95 Å². The minimum atomic E-state index is -0.411. The van der Waals surface area contributed by atoms with Crippen LogP contribution in [0.1, 0.15) is 28.5 Å². The molecule has 3 heterocycles. The number of pyridine rings is 1. The Morgan fingerprint density at radius 3 is 2.71 bits per heavy atom. The van der Waals surface area contributed by atoms with Crippen LogP contribution < -0.4 is 5.32 Å². The third-order valence-electron chi connectivity index (χ3n) is 5.62. The number of amides is 1. The van der Waals surface area contributed by atoms with E-state index in [1.54, 1.807) is 12.1 Å². The fourth-order valence-corrected chi connectivity index (χ4v) is 4.08. The van der Waals surface area contributed by atoms with E-state index >= 15 is 0 Å². The molecule has 1 amide bonds. The van der Waals surface area contributed by atoms with Crippen molar-refractivity contribution >= 4 is 34.4 Å². The van der Waals surface area contributed by atoms with Gasteiger partial charge in [-0.1, -0.05) is 35.9 Å². The number of benzene rings is 2. The summed E-state index contributed by atoms with van der Waals surface area (Å²) in [5.74, 6) is -0.625. The van der Waals surface area contributed by atoms with E-state index in [-0.39, 0.29) is 18.4 Å². The van der Waals surface area contributed by atoms with Gasteiger partial charge in [0.05, 0.1) is 29.0 Å². The molecule has 0 saturated heterocycles. The standard InChI is InChI=1S/C25H21ClFN7O/c1-3-33-13-20(15(2)31-33)23-11-19(18-6-4-5-7-22(18)29-23)24(35)30-25-28-14-34(32-25)12-16-8-9-17(27)10-21(16)26/h4-11,13-14H,3,12H2,1-2H3,(H,30,32,35). The molecule has 0 bridgehead atoms. The Labute approximate surface area is 205 Å². The Morgan fingerprint density at radius 1 is 1.11 bits per heavy atom. The van der Waals surface area contributed by atoms with E-state index in [2.05, 4.69) is 20.5 Å². The van der Waals surface area contributed by atoms with Gasteiger partial charge in [0.15, 0.2) is 0 Å². The molecule has 176 valence electrons. The monoisotopic (exact) mass is 489 g/mol. The summed E-state index contributed by atoms with van der Waals surface area (Å²) in [6, 6.07) is 13.4. The highest BCUT2D eigenvalue weighted by atomic mass is 35.5. The first-order valence-corrected chi connectivity index (χ1v) is 11.4. The van der Waals surface area contributed by atoms with Crippen LogP contribution in [0.2, 0.25) is 5.02 Å². The van der Waals surface area contributed by atoms with Crippen LogP contribution in [0.3, 0.4) is 0 Å². The Hall–Kier alpha value is -4.11. The normalized spacial score (nSPS) is 11.2. The molecular formula is C25H21ClFN7O. The second kappa shape index (κ2) is 9.27. The van der Waals surface area contributed by atoms with Gasteiger partial charge >= 0.3 is 0 Å². The molecule has 3 aromatic heterocycles. The maximum absolute atomic E-state index is 13.3. The lowest BCUT2D eigenvalue weighted by atomic mass is 10.0. The second-order valence-electron chi connectivity index (χ2n) is 8.01. The van der Waals surface area contributed by atoms with E-state index < -0.39 is 5.82 Å². The first-order valence-electron chi connectivity index (χ1n) is 11.0. The van der Waals surface area contributed by atoms with Gasteiger partial charge in [-0.2, -0.15) is 5.10 Å². The minimum absolute atomic E-state index is 0.144. The number of aryl methyl sites for hydroxylation is 2. The third-order valence-corrected chi connectivity index (χ3v) is 5.97. The van der Waals surface area contributed by atoms with E-state index in [0.717, 1.165) is 17.8 Å². The summed E-state index contributed by atoms with van der Waals surface area (Å²) in [5, 5.41) is 12.6. The number of carbonyl (C=O) groups excluding carboxylic acids is 1. The molecule has 0 aliphatic heterocycles. The number of nitrogens with zero attached hydrogens (tertiary/aromatic N) is 6. The lowest BCUT2D eigenvalue weighted by molar-refractivity contribution is 0.102. The molecule has 5 aromatic rings. The lowest BCUT2D eigenvalue weighted by Crippen LogP contribution is -2.14. The topological polar surface area (TPSA) is 90.5 Å². The fraction of sp³-hybridized carbons (Fsp3) is 0.160. The number of fused-ring (bicyclic) bond motifs is 1. The highest BCUT2D eigenvalue weighted by Crippen LogP contribution is 2.27. The smallest absolute Gasteiger partial charge is 0.258 e. The van der Waals surface area contributed by atoms with Crippen LogP contribution in [0, 0.1) is 12.7 Å². The van der Waals surface area contributed by atoms with Gasteiger partial charge < -0.3 is 0 Å². The zero-order chi connectivity index (χ0) is 24.5. The third kappa shape index (κ3) is 4.63. The summed E-state index contributed by atoms with van der Waals surface area (Å²) in [4.78, 5) is 22.3. The molecule has 0 atom stereocenters. The molecule has 10 heteroatoms. The van der Waals surface area contributed by atoms with Gasteiger partial charge in [-0.3, -0.25) is 14.8 Å². The van der Waals surface area contributed by atoms with Gasteiger partial charge in [-0.15, -0.1) is 5.10 Å². The molecule has 35 heavy (non-hydrogen) atoms. The SMILES string of the molecule is CCn1cc(-c2cc(C(=O)Nc3ncn(Cc4ccc(F)cc4Cl)n3)c3ccccc3n2)c(C)n1. The molecule has 2 aromatic carbocycles. The van der Waals surface area contributed by atoms with Crippen molar-refractivity contribution in [3.05, 3.63) is 88.7 Å². The summed E-state index contributed by atoms with van der Waals surface area (Å²) in [6.45, 7) is 4.95. The number of carbonyl (C=O) groups is 1. The highest BCUT2D eigenvalue weighted by Gasteiger charge is 2.18. The number of aromatic nitrogens is 6. The van der Waals surface area contributed by atoms with Crippen molar-refractivity contribution in [1.29, 1.82) is 0 Å². The van der Waals surface area contributed by atoms with Gasteiger partial charge in [-0.25, -0.2) is 19.0 Å². The van der Waals surface area contributed by atoms with Gasteiger partial charge in [0, 0.05) is 28.7 Å². The number of nitrogens with one attached hydrogen (secondary N) is 1. The van der Waals surface area contributed by atoms with E-state index in [1.807, 2.05) is 49.0 Å². The van der Waals surface area contributed by atoms with Crippen LogP contribution in [0.25, 0.3) is 22.2 Å². The summed E-state index contributed by atoms with van der Waals surface area (Å²) >= 11 is 6.11. The van der Waals surface area contributed by atoms with Crippen LogP contribution in [-0.4, -0.2) is 35.4 Å². The Morgan fingerprint density at radius 2 is 1.94 bits per heavy atom. The van der Waals surface area contributed by atoms with E-state index in [1.165, 1.54) is 23.1 Å². The largest absolute Gasteiger partial charge is 0.289 e. The van der Waals surface area contributed by atoms with Crippen LogP contribution in [0.15, 0.2) is 61.1 Å². The molecule has 0 unspecified atom stereocenters. The fourth-order valence-electron chi connectivity index (χ4n) is 3.85. The first-order chi connectivity index (χ1) is 16.9. The summed E-state index contributed by atoms with van der Waals surface area (Å²) in [7, 11) is 0. The lowest BCUT2D eigenvalue weighted by Gasteiger charge is -2.09. The first kappa shape index (κ1) is 22.7. The Bertz CT molecular complexity index is 1560. The van der Waals surface area contributed by atoms with Gasteiger partial charge in [0.25, 0.3) is 5.91 Å². The van der Waals surface area contributed by atoms with Gasteiger partial charge in [0.1, 0.15) is 12.1 Å². The molecule has 0 aliphatic rings. The number of rotatable bonds is 6. The predicted molar refractivity (Wildman–Crippen MR) is 132 cm³/mol. The molecular weight excluding hydrogens is 469 g/mol. The molecule has 8 nitrogen and oxygen atoms in total. The van der Waals surface area contributed by atoms with E-state index in [9.17, 15) is 9.18 Å². The van der Waals surface area contributed by atoms with Crippen molar-refractivity contribution in [2.45, 2.75) is 26.9 Å². The number of halogens is 2. The summed E-state index contributed by atoms with van der Waals surface area (Å²) in [5.41, 5.74) is 4.20. The zero-order valence-corrected chi connectivity index (χ0v) is 19.8. The number of hydrogen-bond donors (Lipinski definition) is 1. The van der Waals surface area contributed by atoms with Crippen LogP contribution in [-0.2, 0) is 13.1 Å². The maximum atomic E-state index is 13.3. The van der Waals surface area contributed by atoms with E-state index in [0.29, 0.717) is 32.7 Å². The Kier molecular flexibility index (Phi) is 6.00. The van der Waals surface area contributed by atoms with E-state index in [4.69, 9.17) is 16.6 Å². The van der Waals surface area contributed by atoms with Crippen molar-refractivity contribution < 1.29 is 9.18 Å². The maximum Gasteiger partial charge on any atom is 0.258 e. The molecule has 1 N–H and O–H groups in total. The average molecular weight is 490 g/mol. The molecule has 0 fully saturated rings. The van der Waals surface area contributed by atoms with Crippen molar-refractivity contribution in [3.63, 3.8) is 0 Å². The summed E-state index contributed by atoms with van der Waals surface area (Å²) in [6.07, 6.45) is 3.41. The molecule has 0 saturated carbocycles. The van der Waals surface area contributed by atoms with Crippen molar-refractivity contribution in [3.8, 4) is 11.3 Å². The zero-order valence-electron chi connectivity index (χ0n) is 19.0. The number of para-hydroxylation sites is 1. The highest BCUT2D eigenvalue weighted by molar-refractivity contribution is 6.31. The van der Waals surface area contributed by atoms with Crippen molar-refractivity contribution in [1.82, 2.24) is 29.5 Å². The van der Waals surface area contributed by atoms with Crippen molar-refractivity contribution in [2.24, 2.45) is 0 Å².